The highest BCUT2D eigenvalue weighted by atomic mass is 32.1. The summed E-state index contributed by atoms with van der Waals surface area (Å²) in [4.78, 5) is 44.5. The standard InChI is InChI=1S/C26H26N4O3S2/c1-14(2)15-7-9-16(10-8-15)18-12-34-24-22(18)26(33)30(13-28-24)11-20(31)29-25-21(23(27)32)17-5-3-4-6-19(17)35-25/h7-10,12-14H,3-6,11H2,1-2H3,(H2,27,32)(H,29,31). The predicted molar refractivity (Wildman–Crippen MR) is 142 cm³/mol. The van der Waals surface area contributed by atoms with E-state index in [2.05, 4.69) is 36.3 Å². The van der Waals surface area contributed by atoms with Gasteiger partial charge in [0.05, 0.1) is 17.3 Å². The molecule has 1 aliphatic rings. The summed E-state index contributed by atoms with van der Waals surface area (Å²) in [5.74, 6) is -0.511. The van der Waals surface area contributed by atoms with E-state index in [0.717, 1.165) is 47.3 Å². The molecule has 0 saturated carbocycles. The van der Waals surface area contributed by atoms with Crippen LogP contribution < -0.4 is 16.6 Å². The average Bonchev–Trinajstić information content (AvgIpc) is 3.42. The summed E-state index contributed by atoms with van der Waals surface area (Å²) in [7, 11) is 0. The van der Waals surface area contributed by atoms with E-state index in [1.807, 2.05) is 17.5 Å². The van der Waals surface area contributed by atoms with E-state index in [1.54, 1.807) is 0 Å². The number of carbonyl (C=O) groups excluding carboxylic acids is 2. The Balaban J connectivity index is 1.43. The van der Waals surface area contributed by atoms with E-state index in [4.69, 9.17) is 5.73 Å². The van der Waals surface area contributed by atoms with Gasteiger partial charge in [0, 0.05) is 15.8 Å². The number of thiophene rings is 2. The number of amides is 2. The van der Waals surface area contributed by atoms with Gasteiger partial charge in [-0.1, -0.05) is 38.1 Å². The molecule has 3 aromatic heterocycles. The minimum atomic E-state index is -0.536. The second-order valence-corrected chi connectivity index (χ2v) is 11.1. The Morgan fingerprint density at radius 1 is 1.17 bits per heavy atom. The Bertz CT molecular complexity index is 1500. The third-order valence-corrected chi connectivity index (χ3v) is 8.53. The molecule has 9 heteroatoms. The molecular formula is C26H26N4O3S2. The van der Waals surface area contributed by atoms with E-state index in [9.17, 15) is 14.4 Å². The minimum Gasteiger partial charge on any atom is -0.365 e. The molecule has 2 amide bonds. The molecule has 1 aliphatic carbocycles. The van der Waals surface area contributed by atoms with Crippen LogP contribution in [0.25, 0.3) is 21.3 Å². The fourth-order valence-electron chi connectivity index (χ4n) is 4.58. The summed E-state index contributed by atoms with van der Waals surface area (Å²) < 4.78 is 1.31. The summed E-state index contributed by atoms with van der Waals surface area (Å²) in [5.41, 5.74) is 9.71. The number of rotatable bonds is 6. The van der Waals surface area contributed by atoms with Gasteiger partial charge in [-0.3, -0.25) is 19.0 Å². The number of benzene rings is 1. The lowest BCUT2D eigenvalue weighted by atomic mass is 9.95. The van der Waals surface area contributed by atoms with Gasteiger partial charge in [-0.2, -0.15) is 0 Å². The maximum atomic E-state index is 13.4. The fraction of sp³-hybridized carbons (Fsp3) is 0.308. The van der Waals surface area contributed by atoms with Crippen LogP contribution in [0.1, 0.15) is 59.0 Å². The van der Waals surface area contributed by atoms with Crippen LogP contribution >= 0.6 is 22.7 Å². The van der Waals surface area contributed by atoms with Crippen LogP contribution in [-0.2, 0) is 24.2 Å². The molecule has 5 rings (SSSR count). The van der Waals surface area contributed by atoms with Gasteiger partial charge >= 0.3 is 0 Å². The number of nitrogens with two attached hydrogens (primary N) is 1. The number of nitrogens with one attached hydrogen (secondary N) is 1. The van der Waals surface area contributed by atoms with E-state index in [0.29, 0.717) is 26.7 Å². The van der Waals surface area contributed by atoms with E-state index < -0.39 is 11.8 Å². The molecular weight excluding hydrogens is 480 g/mol. The molecule has 0 radical (unpaired) electrons. The molecule has 0 fully saturated rings. The molecule has 0 saturated heterocycles. The number of anilines is 1. The van der Waals surface area contributed by atoms with Crippen LogP contribution in [0.4, 0.5) is 5.00 Å². The second-order valence-electron chi connectivity index (χ2n) is 9.11. The van der Waals surface area contributed by atoms with Gasteiger partial charge in [-0.15, -0.1) is 22.7 Å². The number of nitrogens with zero attached hydrogens (tertiary/aromatic N) is 2. The highest BCUT2D eigenvalue weighted by Crippen LogP contribution is 2.38. The number of carbonyl (C=O) groups is 2. The van der Waals surface area contributed by atoms with Crippen LogP contribution in [0.2, 0.25) is 0 Å². The van der Waals surface area contributed by atoms with Crippen molar-refractivity contribution < 1.29 is 9.59 Å². The van der Waals surface area contributed by atoms with Gasteiger partial charge in [-0.05, 0) is 48.3 Å². The predicted octanol–water partition coefficient (Wildman–Crippen LogP) is 4.93. The second kappa shape index (κ2) is 9.39. The third-order valence-electron chi connectivity index (χ3n) is 6.43. The summed E-state index contributed by atoms with van der Waals surface area (Å²) in [6, 6.07) is 8.18. The van der Waals surface area contributed by atoms with Crippen molar-refractivity contribution >= 4 is 49.7 Å². The lowest BCUT2D eigenvalue weighted by Crippen LogP contribution is -2.28. The SMILES string of the molecule is CC(C)c1ccc(-c2csc3ncn(CC(=O)Nc4sc5c(c4C(N)=O)CCCC5)c(=O)c23)cc1. The van der Waals surface area contributed by atoms with Crippen molar-refractivity contribution in [2.75, 3.05) is 5.32 Å². The quantitative estimate of drug-likeness (QED) is 0.387. The van der Waals surface area contributed by atoms with Crippen molar-refractivity contribution in [2.24, 2.45) is 5.73 Å². The highest BCUT2D eigenvalue weighted by Gasteiger charge is 2.25. The molecule has 0 unspecified atom stereocenters. The van der Waals surface area contributed by atoms with Gasteiger partial charge in [-0.25, -0.2) is 4.98 Å². The van der Waals surface area contributed by atoms with Crippen LogP contribution in [0, 0.1) is 0 Å². The monoisotopic (exact) mass is 506 g/mol. The Morgan fingerprint density at radius 2 is 1.91 bits per heavy atom. The Hall–Kier alpha value is -3.30. The Morgan fingerprint density at radius 3 is 2.63 bits per heavy atom. The van der Waals surface area contributed by atoms with Gasteiger partial charge in [0.25, 0.3) is 11.5 Å². The van der Waals surface area contributed by atoms with E-state index >= 15 is 0 Å². The minimum absolute atomic E-state index is 0.204. The highest BCUT2D eigenvalue weighted by molar-refractivity contribution is 7.17. The molecule has 3 N–H and O–H groups in total. The number of hydrogen-bond donors (Lipinski definition) is 2. The molecule has 1 aromatic carbocycles. The maximum Gasteiger partial charge on any atom is 0.263 e. The molecule has 3 heterocycles. The fourth-order valence-corrected chi connectivity index (χ4v) is 6.79. The van der Waals surface area contributed by atoms with Crippen molar-refractivity contribution in [2.45, 2.75) is 52.0 Å². The van der Waals surface area contributed by atoms with Crippen molar-refractivity contribution in [3.8, 4) is 11.1 Å². The molecule has 0 atom stereocenters. The van der Waals surface area contributed by atoms with Gasteiger partial charge in [0.2, 0.25) is 5.91 Å². The largest absolute Gasteiger partial charge is 0.365 e. The first-order chi connectivity index (χ1) is 16.8. The van der Waals surface area contributed by atoms with E-state index in [1.165, 1.54) is 39.1 Å². The number of primary amides is 1. The molecule has 0 spiro atoms. The Labute approximate surface area is 210 Å². The number of hydrogen-bond acceptors (Lipinski definition) is 6. The number of fused-ring (bicyclic) bond motifs is 2. The van der Waals surface area contributed by atoms with Crippen LogP contribution in [0.3, 0.4) is 0 Å². The van der Waals surface area contributed by atoms with Gasteiger partial charge in [0.15, 0.2) is 0 Å². The summed E-state index contributed by atoms with van der Waals surface area (Å²) in [6.07, 6.45) is 5.14. The number of aryl methyl sites for hydroxylation is 1. The summed E-state index contributed by atoms with van der Waals surface area (Å²) in [5, 5.41) is 5.73. The number of aromatic nitrogens is 2. The molecule has 4 aromatic rings. The topological polar surface area (TPSA) is 107 Å². The van der Waals surface area contributed by atoms with Gasteiger partial charge < -0.3 is 11.1 Å². The van der Waals surface area contributed by atoms with Crippen molar-refractivity contribution in [3.63, 3.8) is 0 Å². The first-order valence-corrected chi connectivity index (χ1v) is 13.3. The zero-order valence-corrected chi connectivity index (χ0v) is 21.2. The van der Waals surface area contributed by atoms with Crippen LogP contribution in [0.5, 0.6) is 0 Å². The lowest BCUT2D eigenvalue weighted by Gasteiger charge is -2.11. The molecule has 180 valence electrons. The van der Waals surface area contributed by atoms with Crippen molar-refractivity contribution in [1.82, 2.24) is 9.55 Å². The Kier molecular flexibility index (Phi) is 6.29. The van der Waals surface area contributed by atoms with E-state index in [-0.39, 0.29) is 12.1 Å². The van der Waals surface area contributed by atoms with Crippen molar-refractivity contribution in [1.29, 1.82) is 0 Å². The van der Waals surface area contributed by atoms with Crippen LogP contribution in [0.15, 0.2) is 40.8 Å². The molecule has 0 bridgehead atoms. The van der Waals surface area contributed by atoms with Crippen LogP contribution in [-0.4, -0.2) is 21.4 Å². The normalized spacial score (nSPS) is 13.2. The molecule has 7 nitrogen and oxygen atoms in total. The zero-order chi connectivity index (χ0) is 24.7. The smallest absolute Gasteiger partial charge is 0.263 e. The molecule has 35 heavy (non-hydrogen) atoms. The first-order valence-electron chi connectivity index (χ1n) is 11.6. The lowest BCUT2D eigenvalue weighted by molar-refractivity contribution is -0.116. The van der Waals surface area contributed by atoms with Gasteiger partial charge in [0.1, 0.15) is 16.4 Å². The first kappa shape index (κ1) is 23.4. The summed E-state index contributed by atoms with van der Waals surface area (Å²) in [6.45, 7) is 4.07. The average molecular weight is 507 g/mol. The summed E-state index contributed by atoms with van der Waals surface area (Å²) >= 11 is 2.82. The third kappa shape index (κ3) is 4.41. The zero-order valence-electron chi connectivity index (χ0n) is 19.6. The molecule has 0 aliphatic heterocycles. The van der Waals surface area contributed by atoms with Crippen molar-refractivity contribution in [3.05, 3.63) is 67.9 Å². The maximum absolute atomic E-state index is 13.4.